The number of hydrogen-bond acceptors (Lipinski definition) is 5. The van der Waals surface area contributed by atoms with Gasteiger partial charge in [0.15, 0.2) is 0 Å². The molecular formula is C21H19ClN4O4. The van der Waals surface area contributed by atoms with Crippen LogP contribution in [0.4, 0.5) is 11.5 Å². The van der Waals surface area contributed by atoms with E-state index in [-0.39, 0.29) is 18.2 Å². The van der Waals surface area contributed by atoms with Crippen LogP contribution in [-0.4, -0.2) is 35.8 Å². The van der Waals surface area contributed by atoms with E-state index in [0.717, 1.165) is 5.56 Å². The fourth-order valence-electron chi connectivity index (χ4n) is 3.26. The third-order valence-electron chi connectivity index (χ3n) is 4.79. The Hall–Kier alpha value is -3.52. The highest BCUT2D eigenvalue weighted by atomic mass is 35.5. The van der Waals surface area contributed by atoms with Crippen LogP contribution in [0.15, 0.2) is 48.5 Å². The molecule has 1 atom stereocenters. The van der Waals surface area contributed by atoms with E-state index in [1.807, 2.05) is 12.1 Å². The molecule has 0 fully saturated rings. The van der Waals surface area contributed by atoms with Gasteiger partial charge in [-0.3, -0.25) is 9.59 Å². The molecule has 4 rings (SSSR count). The van der Waals surface area contributed by atoms with Crippen LogP contribution >= 0.6 is 11.6 Å². The maximum absolute atomic E-state index is 13.0. The molecule has 8 nitrogen and oxygen atoms in total. The topological polar surface area (TPSA) is 94.5 Å². The normalized spacial score (nSPS) is 15.2. The van der Waals surface area contributed by atoms with Gasteiger partial charge >= 0.3 is 0 Å². The van der Waals surface area contributed by atoms with Crippen molar-refractivity contribution in [2.24, 2.45) is 0 Å². The molecule has 0 saturated carbocycles. The molecule has 154 valence electrons. The molecule has 30 heavy (non-hydrogen) atoms. The van der Waals surface area contributed by atoms with Gasteiger partial charge in [0.05, 0.1) is 32.0 Å². The number of carbonyl (C=O) groups is 2. The summed E-state index contributed by atoms with van der Waals surface area (Å²) in [6.45, 7) is 0. The van der Waals surface area contributed by atoms with E-state index in [9.17, 15) is 9.59 Å². The standard InChI is InChI=1S/C21H19ClN4O4/c1-29-14-7-8-15(18(9-14)30-2)23-21(28)17-11-20(27)24-19-10-16(25-26(17)19)12-3-5-13(22)6-4-12/h3-10,17H,11H2,1-2H3,(H,23,28)(H,24,27)/t17-/m0/s1. The number of ether oxygens (including phenoxy) is 2. The van der Waals surface area contributed by atoms with Crippen LogP contribution in [0, 0.1) is 0 Å². The Balaban J connectivity index is 1.63. The molecule has 0 unspecified atom stereocenters. The van der Waals surface area contributed by atoms with Gasteiger partial charge < -0.3 is 20.1 Å². The molecule has 0 radical (unpaired) electrons. The highest BCUT2D eigenvalue weighted by Gasteiger charge is 2.32. The molecular weight excluding hydrogens is 408 g/mol. The van der Waals surface area contributed by atoms with Crippen LogP contribution in [-0.2, 0) is 9.59 Å². The van der Waals surface area contributed by atoms with Gasteiger partial charge in [-0.15, -0.1) is 0 Å². The SMILES string of the molecule is COc1ccc(NC(=O)[C@@H]2CC(=O)Nc3cc(-c4ccc(Cl)cc4)nn32)c(OC)c1. The number of hydrogen-bond donors (Lipinski definition) is 2. The highest BCUT2D eigenvalue weighted by Crippen LogP contribution is 2.33. The molecule has 2 amide bonds. The maximum Gasteiger partial charge on any atom is 0.249 e. The Bertz CT molecular complexity index is 1110. The molecule has 0 bridgehead atoms. The molecule has 2 aromatic carbocycles. The average Bonchev–Trinajstić information content (AvgIpc) is 3.17. The van der Waals surface area contributed by atoms with Crippen molar-refractivity contribution in [2.45, 2.75) is 12.5 Å². The van der Waals surface area contributed by atoms with E-state index < -0.39 is 6.04 Å². The van der Waals surface area contributed by atoms with Crippen molar-refractivity contribution >= 4 is 34.9 Å². The Morgan fingerprint density at radius 2 is 1.93 bits per heavy atom. The Morgan fingerprint density at radius 3 is 2.63 bits per heavy atom. The van der Waals surface area contributed by atoms with Crippen molar-refractivity contribution in [1.82, 2.24) is 9.78 Å². The van der Waals surface area contributed by atoms with Gasteiger partial charge in [-0.05, 0) is 24.3 Å². The average molecular weight is 427 g/mol. The zero-order valence-electron chi connectivity index (χ0n) is 16.3. The molecule has 0 saturated heterocycles. The van der Waals surface area contributed by atoms with E-state index in [2.05, 4.69) is 15.7 Å². The zero-order valence-corrected chi connectivity index (χ0v) is 17.1. The monoisotopic (exact) mass is 426 g/mol. The number of nitrogens with zero attached hydrogens (tertiary/aromatic N) is 2. The third-order valence-corrected chi connectivity index (χ3v) is 5.04. The fourth-order valence-corrected chi connectivity index (χ4v) is 3.39. The lowest BCUT2D eigenvalue weighted by molar-refractivity contribution is -0.125. The van der Waals surface area contributed by atoms with Gasteiger partial charge in [0.1, 0.15) is 23.4 Å². The summed E-state index contributed by atoms with van der Waals surface area (Å²) >= 11 is 5.95. The molecule has 1 aliphatic heterocycles. The van der Waals surface area contributed by atoms with Gasteiger partial charge in [0.2, 0.25) is 11.8 Å². The summed E-state index contributed by atoms with van der Waals surface area (Å²) in [7, 11) is 3.05. The first-order valence-corrected chi connectivity index (χ1v) is 9.54. The van der Waals surface area contributed by atoms with Gasteiger partial charge in [0.25, 0.3) is 0 Å². The molecule has 2 N–H and O–H groups in total. The van der Waals surface area contributed by atoms with Gasteiger partial charge in [-0.1, -0.05) is 23.7 Å². The van der Waals surface area contributed by atoms with Crippen LogP contribution in [0.2, 0.25) is 5.02 Å². The second-order valence-electron chi connectivity index (χ2n) is 6.69. The lowest BCUT2D eigenvalue weighted by Gasteiger charge is -2.24. The second kappa shape index (κ2) is 8.08. The number of benzene rings is 2. The van der Waals surface area contributed by atoms with Crippen LogP contribution in [0.5, 0.6) is 11.5 Å². The zero-order chi connectivity index (χ0) is 21.3. The summed E-state index contributed by atoms with van der Waals surface area (Å²) in [5, 5.41) is 10.7. The minimum Gasteiger partial charge on any atom is -0.497 e. The van der Waals surface area contributed by atoms with Crippen LogP contribution < -0.4 is 20.1 Å². The summed E-state index contributed by atoms with van der Waals surface area (Å²) in [5.41, 5.74) is 1.93. The number of fused-ring (bicyclic) bond motifs is 1. The maximum atomic E-state index is 13.0. The summed E-state index contributed by atoms with van der Waals surface area (Å²) < 4.78 is 12.0. The number of carbonyl (C=O) groups excluding carboxylic acids is 2. The summed E-state index contributed by atoms with van der Waals surface area (Å²) in [6, 6.07) is 13.2. The van der Waals surface area contributed by atoms with Crippen molar-refractivity contribution in [2.75, 3.05) is 24.9 Å². The van der Waals surface area contributed by atoms with Crippen LogP contribution in [0.1, 0.15) is 12.5 Å². The first-order chi connectivity index (χ1) is 14.5. The molecule has 2 heterocycles. The minimum absolute atomic E-state index is 0.0287. The van der Waals surface area contributed by atoms with Crippen LogP contribution in [0.3, 0.4) is 0 Å². The smallest absolute Gasteiger partial charge is 0.249 e. The summed E-state index contributed by atoms with van der Waals surface area (Å²) in [6.07, 6.45) is -0.0287. The number of amides is 2. The van der Waals surface area contributed by atoms with E-state index in [4.69, 9.17) is 21.1 Å². The molecule has 9 heteroatoms. The Morgan fingerprint density at radius 1 is 1.17 bits per heavy atom. The summed E-state index contributed by atoms with van der Waals surface area (Å²) in [4.78, 5) is 25.2. The number of aromatic nitrogens is 2. The minimum atomic E-state index is -0.804. The first-order valence-electron chi connectivity index (χ1n) is 9.16. The van der Waals surface area contributed by atoms with Crippen molar-refractivity contribution in [3.63, 3.8) is 0 Å². The summed E-state index contributed by atoms with van der Waals surface area (Å²) in [5.74, 6) is 0.875. The molecule has 3 aromatic rings. The second-order valence-corrected chi connectivity index (χ2v) is 7.13. The van der Waals surface area contributed by atoms with Gasteiger partial charge in [0, 0.05) is 22.7 Å². The van der Waals surface area contributed by atoms with Crippen molar-refractivity contribution in [3.8, 4) is 22.8 Å². The van der Waals surface area contributed by atoms with Crippen LogP contribution in [0.25, 0.3) is 11.3 Å². The van der Waals surface area contributed by atoms with Gasteiger partial charge in [-0.25, -0.2) is 4.68 Å². The number of anilines is 2. The fraction of sp³-hybridized carbons (Fsp3) is 0.190. The predicted molar refractivity (Wildman–Crippen MR) is 113 cm³/mol. The predicted octanol–water partition coefficient (Wildman–Crippen LogP) is 3.74. The van der Waals surface area contributed by atoms with Crippen molar-refractivity contribution < 1.29 is 19.1 Å². The molecule has 1 aliphatic rings. The lowest BCUT2D eigenvalue weighted by Crippen LogP contribution is -2.35. The first kappa shape index (κ1) is 19.8. The van der Waals surface area contributed by atoms with E-state index >= 15 is 0 Å². The number of nitrogens with one attached hydrogen (secondary N) is 2. The number of rotatable bonds is 5. The molecule has 1 aromatic heterocycles. The van der Waals surface area contributed by atoms with Crippen molar-refractivity contribution in [1.29, 1.82) is 0 Å². The van der Waals surface area contributed by atoms with E-state index in [1.165, 1.54) is 11.8 Å². The Labute approximate surface area is 177 Å². The van der Waals surface area contributed by atoms with Crippen molar-refractivity contribution in [3.05, 3.63) is 53.6 Å². The Kier molecular flexibility index (Phi) is 5.33. The van der Waals surface area contributed by atoms with E-state index in [0.29, 0.717) is 33.7 Å². The number of halogens is 1. The number of methoxy groups -OCH3 is 2. The lowest BCUT2D eigenvalue weighted by atomic mass is 10.1. The third kappa shape index (κ3) is 3.81. The van der Waals surface area contributed by atoms with Gasteiger partial charge in [-0.2, -0.15) is 5.10 Å². The molecule has 0 aliphatic carbocycles. The highest BCUT2D eigenvalue weighted by molar-refractivity contribution is 6.30. The largest absolute Gasteiger partial charge is 0.497 e. The quantitative estimate of drug-likeness (QED) is 0.648. The molecule has 0 spiro atoms. The van der Waals surface area contributed by atoms with E-state index in [1.54, 1.807) is 43.5 Å².